The first-order valence-electron chi connectivity index (χ1n) is 6.08. The Morgan fingerprint density at radius 2 is 2.16 bits per heavy atom. The van der Waals surface area contributed by atoms with Crippen molar-refractivity contribution in [3.05, 3.63) is 28.5 Å². The van der Waals surface area contributed by atoms with Gasteiger partial charge in [0.2, 0.25) is 10.0 Å². The molecule has 1 aliphatic carbocycles. The minimum Gasteiger partial charge on any atom is -0.313 e. The number of sulfonamides is 1. The highest BCUT2D eigenvalue weighted by Crippen LogP contribution is 2.22. The maximum atomic E-state index is 13.1. The second-order valence-corrected chi connectivity index (χ2v) is 7.72. The third-order valence-electron chi connectivity index (χ3n) is 2.98. The Kier molecular flexibility index (Phi) is 4.47. The molecule has 1 fully saturated rings. The van der Waals surface area contributed by atoms with Gasteiger partial charge in [0, 0.05) is 18.3 Å². The van der Waals surface area contributed by atoms with Gasteiger partial charge in [-0.3, -0.25) is 4.72 Å². The molecule has 1 aromatic rings. The molecule has 1 aromatic carbocycles. The van der Waals surface area contributed by atoms with Crippen LogP contribution >= 0.6 is 15.9 Å². The molecule has 0 saturated heterocycles. The molecule has 0 spiro atoms. The van der Waals surface area contributed by atoms with Gasteiger partial charge in [-0.1, -0.05) is 0 Å². The van der Waals surface area contributed by atoms with Crippen LogP contribution < -0.4 is 10.0 Å². The third kappa shape index (κ3) is 4.15. The number of anilines is 1. The van der Waals surface area contributed by atoms with E-state index in [0.717, 1.165) is 12.8 Å². The van der Waals surface area contributed by atoms with E-state index in [2.05, 4.69) is 26.0 Å². The maximum absolute atomic E-state index is 13.1. The van der Waals surface area contributed by atoms with E-state index in [9.17, 15) is 12.8 Å². The zero-order valence-electron chi connectivity index (χ0n) is 10.5. The summed E-state index contributed by atoms with van der Waals surface area (Å²) >= 11 is 3.03. The summed E-state index contributed by atoms with van der Waals surface area (Å²) in [5, 5.41) is 2.64. The largest absolute Gasteiger partial charge is 0.313 e. The van der Waals surface area contributed by atoms with Gasteiger partial charge in [0.05, 0.1) is 9.72 Å². The van der Waals surface area contributed by atoms with E-state index < -0.39 is 21.1 Å². The minimum atomic E-state index is -3.47. The van der Waals surface area contributed by atoms with Gasteiger partial charge in [0.25, 0.3) is 0 Å². The van der Waals surface area contributed by atoms with E-state index in [-0.39, 0.29) is 4.47 Å². The highest BCUT2D eigenvalue weighted by molar-refractivity contribution is 9.10. The Morgan fingerprint density at radius 1 is 1.47 bits per heavy atom. The molecular formula is C12H16BrFN2O2S. The molecule has 0 bridgehead atoms. The summed E-state index contributed by atoms with van der Waals surface area (Å²) in [6, 6.07) is 4.50. The normalized spacial score (nSPS) is 17.2. The smallest absolute Gasteiger partial charge is 0.236 e. The first-order valence-corrected chi connectivity index (χ1v) is 8.42. The van der Waals surface area contributed by atoms with Gasteiger partial charge in [-0.2, -0.15) is 0 Å². The van der Waals surface area contributed by atoms with Crippen molar-refractivity contribution in [2.24, 2.45) is 0 Å². The molecule has 106 valence electrons. The number of benzene rings is 1. The summed E-state index contributed by atoms with van der Waals surface area (Å²) in [5.41, 5.74) is 0.353. The summed E-state index contributed by atoms with van der Waals surface area (Å²) in [6.07, 6.45) is 2.23. The number of hydrogen-bond acceptors (Lipinski definition) is 3. The van der Waals surface area contributed by atoms with Crippen molar-refractivity contribution >= 4 is 31.6 Å². The highest BCUT2D eigenvalue weighted by atomic mass is 79.9. The summed E-state index contributed by atoms with van der Waals surface area (Å²) in [5.74, 6) is -0.425. The van der Waals surface area contributed by atoms with Crippen LogP contribution in [0, 0.1) is 5.82 Å². The van der Waals surface area contributed by atoms with Crippen molar-refractivity contribution in [1.82, 2.24) is 5.32 Å². The number of halogens is 2. The molecule has 1 aliphatic rings. The van der Waals surface area contributed by atoms with Crippen LogP contribution in [0.5, 0.6) is 0 Å². The van der Waals surface area contributed by atoms with Crippen LogP contribution in [0.15, 0.2) is 22.7 Å². The van der Waals surface area contributed by atoms with E-state index in [0.29, 0.717) is 18.3 Å². The van der Waals surface area contributed by atoms with E-state index >= 15 is 0 Å². The average Bonchev–Trinajstić information content (AvgIpc) is 3.14. The SMILES string of the molecule is CC(CNC1CC1)S(=O)(=O)Nc1ccc(F)c(Br)c1. The van der Waals surface area contributed by atoms with Crippen LogP contribution in [0.1, 0.15) is 19.8 Å². The van der Waals surface area contributed by atoms with Gasteiger partial charge < -0.3 is 5.32 Å². The molecular weight excluding hydrogens is 335 g/mol. The van der Waals surface area contributed by atoms with Gasteiger partial charge in [0.1, 0.15) is 5.82 Å². The van der Waals surface area contributed by atoms with Gasteiger partial charge in [-0.25, -0.2) is 12.8 Å². The predicted molar refractivity (Wildman–Crippen MR) is 77.1 cm³/mol. The van der Waals surface area contributed by atoms with Crippen LogP contribution in [-0.4, -0.2) is 26.3 Å². The lowest BCUT2D eigenvalue weighted by molar-refractivity contribution is 0.576. The average molecular weight is 351 g/mol. The van der Waals surface area contributed by atoms with E-state index in [1.165, 1.54) is 18.2 Å². The third-order valence-corrected chi connectivity index (χ3v) is 5.33. The van der Waals surface area contributed by atoms with Crippen LogP contribution in [-0.2, 0) is 10.0 Å². The molecule has 7 heteroatoms. The molecule has 1 saturated carbocycles. The standard InChI is InChI=1S/C12H16BrFN2O2S/c1-8(7-15-9-2-3-9)19(17,18)16-10-4-5-12(14)11(13)6-10/h4-6,8-9,15-16H,2-3,7H2,1H3. The fourth-order valence-electron chi connectivity index (χ4n) is 1.55. The van der Waals surface area contributed by atoms with Crippen LogP contribution in [0.2, 0.25) is 0 Å². The summed E-state index contributed by atoms with van der Waals surface area (Å²) in [6.45, 7) is 2.07. The second-order valence-electron chi connectivity index (χ2n) is 4.77. The molecule has 0 aliphatic heterocycles. The van der Waals surface area contributed by atoms with Crippen molar-refractivity contribution in [2.45, 2.75) is 31.1 Å². The zero-order valence-corrected chi connectivity index (χ0v) is 12.9. The zero-order chi connectivity index (χ0) is 14.0. The molecule has 19 heavy (non-hydrogen) atoms. The summed E-state index contributed by atoms with van der Waals surface area (Å²) in [4.78, 5) is 0. The lowest BCUT2D eigenvalue weighted by Gasteiger charge is -2.15. The summed E-state index contributed by atoms with van der Waals surface area (Å²) in [7, 11) is -3.47. The summed E-state index contributed by atoms with van der Waals surface area (Å²) < 4.78 is 39.9. The van der Waals surface area contributed by atoms with Crippen LogP contribution in [0.3, 0.4) is 0 Å². The molecule has 1 atom stereocenters. The Balaban J connectivity index is 2.00. The van der Waals surface area contributed by atoms with E-state index in [1.807, 2.05) is 0 Å². The molecule has 2 rings (SSSR count). The van der Waals surface area contributed by atoms with Crippen molar-refractivity contribution in [3.8, 4) is 0 Å². The number of nitrogens with one attached hydrogen (secondary N) is 2. The molecule has 0 amide bonds. The minimum absolute atomic E-state index is 0.233. The van der Waals surface area contributed by atoms with Crippen LogP contribution in [0.4, 0.5) is 10.1 Å². The van der Waals surface area contributed by atoms with Crippen molar-refractivity contribution in [2.75, 3.05) is 11.3 Å². The maximum Gasteiger partial charge on any atom is 0.236 e. The lowest BCUT2D eigenvalue weighted by atomic mass is 10.3. The molecule has 1 unspecified atom stereocenters. The van der Waals surface area contributed by atoms with Gasteiger partial charge in [0.15, 0.2) is 0 Å². The fraction of sp³-hybridized carbons (Fsp3) is 0.500. The molecule has 0 heterocycles. The Bertz CT molecular complexity index is 561. The fourth-order valence-corrected chi connectivity index (χ4v) is 2.91. The predicted octanol–water partition coefficient (Wildman–Crippen LogP) is 2.47. The second kappa shape index (κ2) is 5.76. The van der Waals surface area contributed by atoms with Crippen LogP contribution in [0.25, 0.3) is 0 Å². The lowest BCUT2D eigenvalue weighted by Crippen LogP contribution is -2.35. The van der Waals surface area contributed by atoms with Gasteiger partial charge >= 0.3 is 0 Å². The van der Waals surface area contributed by atoms with Gasteiger partial charge in [-0.05, 0) is 53.9 Å². The topological polar surface area (TPSA) is 58.2 Å². The molecule has 4 nitrogen and oxygen atoms in total. The van der Waals surface area contributed by atoms with Crippen molar-refractivity contribution in [3.63, 3.8) is 0 Å². The van der Waals surface area contributed by atoms with E-state index in [4.69, 9.17) is 0 Å². The first-order chi connectivity index (χ1) is 8.88. The van der Waals surface area contributed by atoms with Gasteiger partial charge in [-0.15, -0.1) is 0 Å². The number of rotatable bonds is 6. The molecule has 0 radical (unpaired) electrons. The van der Waals surface area contributed by atoms with Crippen molar-refractivity contribution in [1.29, 1.82) is 0 Å². The monoisotopic (exact) mass is 350 g/mol. The Hall–Kier alpha value is -0.660. The number of hydrogen-bond donors (Lipinski definition) is 2. The highest BCUT2D eigenvalue weighted by Gasteiger charge is 2.25. The van der Waals surface area contributed by atoms with E-state index in [1.54, 1.807) is 6.92 Å². The first kappa shape index (κ1) is 14.7. The molecule has 2 N–H and O–H groups in total. The van der Waals surface area contributed by atoms with Crippen molar-refractivity contribution < 1.29 is 12.8 Å². The molecule has 0 aromatic heterocycles. The Morgan fingerprint density at radius 3 is 2.74 bits per heavy atom. The Labute approximate surface area is 121 Å². The quantitative estimate of drug-likeness (QED) is 0.828.